The smallest absolute Gasteiger partial charge is 0.0389 e. The molecule has 1 aromatic carbocycles. The second kappa shape index (κ2) is 4.53. The van der Waals surface area contributed by atoms with Crippen molar-refractivity contribution < 1.29 is 0 Å². The quantitative estimate of drug-likeness (QED) is 0.774. The summed E-state index contributed by atoms with van der Waals surface area (Å²) in [6.07, 6.45) is 2.08. The fourth-order valence-electron chi connectivity index (χ4n) is 1.27. The Kier molecular flexibility index (Phi) is 3.63. The summed E-state index contributed by atoms with van der Waals surface area (Å²) in [5.41, 5.74) is 8.55. The van der Waals surface area contributed by atoms with Crippen molar-refractivity contribution in [2.45, 2.75) is 13.0 Å². The first-order valence-electron chi connectivity index (χ1n) is 4.05. The van der Waals surface area contributed by atoms with Gasteiger partial charge in [0.05, 0.1) is 0 Å². The van der Waals surface area contributed by atoms with E-state index in [0.717, 1.165) is 5.75 Å². The average molecular weight is 181 g/mol. The van der Waals surface area contributed by atoms with Gasteiger partial charge in [-0.2, -0.15) is 11.8 Å². The molecule has 0 aromatic heterocycles. The molecule has 0 heterocycles. The van der Waals surface area contributed by atoms with Gasteiger partial charge in [-0.3, -0.25) is 0 Å². The summed E-state index contributed by atoms with van der Waals surface area (Å²) in [4.78, 5) is 0. The van der Waals surface area contributed by atoms with Gasteiger partial charge in [-0.25, -0.2) is 0 Å². The van der Waals surface area contributed by atoms with Crippen LogP contribution in [0.1, 0.15) is 17.2 Å². The second-order valence-corrected chi connectivity index (χ2v) is 3.83. The number of thioether (sulfide) groups is 1. The Labute approximate surface area is 78.4 Å². The van der Waals surface area contributed by atoms with Gasteiger partial charge in [0.25, 0.3) is 0 Å². The van der Waals surface area contributed by atoms with E-state index in [0.29, 0.717) is 0 Å². The molecule has 1 aromatic rings. The van der Waals surface area contributed by atoms with E-state index in [1.54, 1.807) is 11.8 Å². The maximum Gasteiger partial charge on any atom is 0.0389 e. The Balaban J connectivity index is 2.79. The van der Waals surface area contributed by atoms with Crippen LogP contribution < -0.4 is 5.73 Å². The van der Waals surface area contributed by atoms with Crippen molar-refractivity contribution in [1.29, 1.82) is 0 Å². The Hall–Kier alpha value is -0.470. The predicted molar refractivity (Wildman–Crippen MR) is 56.5 cm³/mol. The minimum absolute atomic E-state index is 0.182. The standard InChI is InChI=1S/C10H15NS/c1-8-5-3-4-6-9(8)10(11)7-12-2/h3-6,10H,7,11H2,1-2H3. The SMILES string of the molecule is CSCC(N)c1ccccc1C. The molecule has 12 heavy (non-hydrogen) atoms. The maximum absolute atomic E-state index is 5.99. The number of rotatable bonds is 3. The minimum Gasteiger partial charge on any atom is -0.323 e. The van der Waals surface area contributed by atoms with Crippen molar-refractivity contribution in [2.24, 2.45) is 5.73 Å². The molecule has 0 radical (unpaired) electrons. The highest BCUT2D eigenvalue weighted by atomic mass is 32.2. The molecule has 0 spiro atoms. The van der Waals surface area contributed by atoms with Crippen LogP contribution in [0, 0.1) is 6.92 Å². The van der Waals surface area contributed by atoms with Crippen molar-refractivity contribution >= 4 is 11.8 Å². The van der Waals surface area contributed by atoms with Gasteiger partial charge in [0.15, 0.2) is 0 Å². The van der Waals surface area contributed by atoms with Gasteiger partial charge in [0.2, 0.25) is 0 Å². The van der Waals surface area contributed by atoms with Crippen LogP contribution in [0.4, 0.5) is 0 Å². The summed E-state index contributed by atoms with van der Waals surface area (Å²) < 4.78 is 0. The molecule has 0 aliphatic rings. The van der Waals surface area contributed by atoms with E-state index in [2.05, 4.69) is 25.3 Å². The lowest BCUT2D eigenvalue weighted by Gasteiger charge is -2.12. The predicted octanol–water partition coefficient (Wildman–Crippen LogP) is 2.36. The van der Waals surface area contributed by atoms with Crippen LogP contribution in [-0.4, -0.2) is 12.0 Å². The molecule has 2 heteroatoms. The second-order valence-electron chi connectivity index (χ2n) is 2.92. The number of hydrogen-bond acceptors (Lipinski definition) is 2. The molecule has 0 aliphatic heterocycles. The molecule has 1 unspecified atom stereocenters. The van der Waals surface area contributed by atoms with Crippen molar-refractivity contribution in [1.82, 2.24) is 0 Å². The highest BCUT2D eigenvalue weighted by molar-refractivity contribution is 7.98. The Morgan fingerprint density at radius 2 is 2.08 bits per heavy atom. The number of aryl methyl sites for hydroxylation is 1. The summed E-state index contributed by atoms with van der Waals surface area (Å²) >= 11 is 1.79. The van der Waals surface area contributed by atoms with Gasteiger partial charge >= 0.3 is 0 Å². The van der Waals surface area contributed by atoms with Crippen LogP contribution in [0.15, 0.2) is 24.3 Å². The van der Waals surface area contributed by atoms with Crippen LogP contribution >= 0.6 is 11.8 Å². The zero-order valence-corrected chi connectivity index (χ0v) is 8.40. The molecule has 66 valence electrons. The van der Waals surface area contributed by atoms with Crippen LogP contribution in [0.25, 0.3) is 0 Å². The molecule has 0 fully saturated rings. The third-order valence-electron chi connectivity index (χ3n) is 1.93. The van der Waals surface area contributed by atoms with E-state index in [1.807, 2.05) is 12.1 Å². The molecular formula is C10H15NS. The first kappa shape index (κ1) is 9.62. The first-order chi connectivity index (χ1) is 5.75. The first-order valence-corrected chi connectivity index (χ1v) is 5.45. The van der Waals surface area contributed by atoms with Crippen LogP contribution in [-0.2, 0) is 0 Å². The molecule has 1 rings (SSSR count). The lowest BCUT2D eigenvalue weighted by molar-refractivity contribution is 0.824. The molecule has 2 N–H and O–H groups in total. The third-order valence-corrected chi connectivity index (χ3v) is 2.63. The molecular weight excluding hydrogens is 166 g/mol. The summed E-state index contributed by atoms with van der Waals surface area (Å²) in [6, 6.07) is 8.49. The number of hydrogen-bond donors (Lipinski definition) is 1. The molecule has 1 atom stereocenters. The highest BCUT2D eigenvalue weighted by Crippen LogP contribution is 2.17. The normalized spacial score (nSPS) is 12.9. The largest absolute Gasteiger partial charge is 0.323 e. The Morgan fingerprint density at radius 3 is 2.67 bits per heavy atom. The Bertz CT molecular complexity index is 247. The highest BCUT2D eigenvalue weighted by Gasteiger charge is 2.06. The molecule has 0 saturated heterocycles. The lowest BCUT2D eigenvalue weighted by Crippen LogP contribution is -2.13. The molecule has 0 saturated carbocycles. The van der Waals surface area contributed by atoms with Gasteiger partial charge in [0.1, 0.15) is 0 Å². The average Bonchev–Trinajstić information content (AvgIpc) is 2.05. The topological polar surface area (TPSA) is 26.0 Å². The summed E-state index contributed by atoms with van der Waals surface area (Å²) in [5, 5.41) is 0. The van der Waals surface area contributed by atoms with Gasteiger partial charge in [-0.15, -0.1) is 0 Å². The number of benzene rings is 1. The van der Waals surface area contributed by atoms with E-state index >= 15 is 0 Å². The zero-order chi connectivity index (χ0) is 8.97. The van der Waals surface area contributed by atoms with E-state index in [9.17, 15) is 0 Å². The fourth-order valence-corrected chi connectivity index (χ4v) is 1.81. The van der Waals surface area contributed by atoms with Crippen LogP contribution in [0.2, 0.25) is 0 Å². The van der Waals surface area contributed by atoms with E-state index in [1.165, 1.54) is 11.1 Å². The molecule has 0 aliphatic carbocycles. The fraction of sp³-hybridized carbons (Fsp3) is 0.400. The molecule has 0 bridgehead atoms. The van der Waals surface area contributed by atoms with Gasteiger partial charge in [0, 0.05) is 11.8 Å². The molecule has 0 amide bonds. The Morgan fingerprint density at radius 1 is 1.42 bits per heavy atom. The van der Waals surface area contributed by atoms with E-state index in [4.69, 9.17) is 5.73 Å². The van der Waals surface area contributed by atoms with Crippen molar-refractivity contribution in [2.75, 3.05) is 12.0 Å². The number of nitrogens with two attached hydrogens (primary N) is 1. The summed E-state index contributed by atoms with van der Waals surface area (Å²) in [5.74, 6) is 0.991. The monoisotopic (exact) mass is 181 g/mol. The molecule has 1 nitrogen and oxygen atoms in total. The van der Waals surface area contributed by atoms with Crippen molar-refractivity contribution in [3.63, 3.8) is 0 Å². The van der Waals surface area contributed by atoms with Gasteiger partial charge in [-0.1, -0.05) is 24.3 Å². The minimum atomic E-state index is 0.182. The maximum atomic E-state index is 5.99. The van der Waals surface area contributed by atoms with Crippen LogP contribution in [0.3, 0.4) is 0 Å². The zero-order valence-electron chi connectivity index (χ0n) is 7.58. The van der Waals surface area contributed by atoms with E-state index < -0.39 is 0 Å². The van der Waals surface area contributed by atoms with Gasteiger partial charge in [-0.05, 0) is 24.3 Å². The summed E-state index contributed by atoms with van der Waals surface area (Å²) in [7, 11) is 0. The van der Waals surface area contributed by atoms with Crippen LogP contribution in [0.5, 0.6) is 0 Å². The van der Waals surface area contributed by atoms with Crippen molar-refractivity contribution in [3.05, 3.63) is 35.4 Å². The van der Waals surface area contributed by atoms with Crippen molar-refractivity contribution in [3.8, 4) is 0 Å². The lowest BCUT2D eigenvalue weighted by atomic mass is 10.0. The van der Waals surface area contributed by atoms with Gasteiger partial charge < -0.3 is 5.73 Å². The van der Waals surface area contributed by atoms with E-state index in [-0.39, 0.29) is 6.04 Å². The summed E-state index contributed by atoms with van der Waals surface area (Å²) in [6.45, 7) is 2.11. The third kappa shape index (κ3) is 2.26.